The molecule has 20 heavy (non-hydrogen) atoms. The number of amides is 1. The van der Waals surface area contributed by atoms with E-state index in [2.05, 4.69) is 15.9 Å². The van der Waals surface area contributed by atoms with Crippen LogP contribution < -0.4 is 0 Å². The molecule has 1 aromatic carbocycles. The van der Waals surface area contributed by atoms with E-state index in [1.54, 1.807) is 0 Å². The lowest BCUT2D eigenvalue weighted by Gasteiger charge is -2.23. The largest absolute Gasteiger partial charge is 0.480 e. The average molecular weight is 342 g/mol. The molecule has 1 amide bonds. The summed E-state index contributed by atoms with van der Waals surface area (Å²) in [5, 5.41) is 8.97. The number of carboxylic acid groups (broad SMARTS) is 1. The van der Waals surface area contributed by atoms with Crippen molar-refractivity contribution in [3.8, 4) is 0 Å². The number of hydrogen-bond donors (Lipinski definition) is 1. The van der Waals surface area contributed by atoms with Crippen LogP contribution in [0.4, 0.5) is 0 Å². The van der Waals surface area contributed by atoms with Crippen molar-refractivity contribution in [2.45, 2.75) is 13.0 Å². The molecule has 1 heterocycles. The molecule has 0 aliphatic carbocycles. The molecule has 0 bridgehead atoms. The monoisotopic (exact) mass is 341 g/mol. The number of hydrogen-bond acceptors (Lipinski definition) is 3. The first kappa shape index (κ1) is 15.0. The van der Waals surface area contributed by atoms with Gasteiger partial charge in [0.25, 0.3) is 0 Å². The van der Waals surface area contributed by atoms with Crippen LogP contribution in [-0.4, -0.2) is 41.6 Å². The predicted molar refractivity (Wildman–Crippen MR) is 76.1 cm³/mol. The minimum Gasteiger partial charge on any atom is -0.480 e. The van der Waals surface area contributed by atoms with Crippen LogP contribution in [-0.2, 0) is 20.9 Å². The Labute approximate surface area is 125 Å². The van der Waals surface area contributed by atoms with Crippen molar-refractivity contribution in [2.75, 3.05) is 19.8 Å². The Morgan fingerprint density at radius 1 is 1.45 bits per heavy atom. The topological polar surface area (TPSA) is 66.8 Å². The molecule has 1 fully saturated rings. The van der Waals surface area contributed by atoms with E-state index in [4.69, 9.17) is 9.84 Å². The average Bonchev–Trinajstić information content (AvgIpc) is 2.90. The second-order valence-corrected chi connectivity index (χ2v) is 5.69. The van der Waals surface area contributed by atoms with Crippen LogP contribution in [0, 0.1) is 5.92 Å². The molecule has 0 spiro atoms. The van der Waals surface area contributed by atoms with Gasteiger partial charge in [-0.25, -0.2) is 0 Å². The highest BCUT2D eigenvalue weighted by Gasteiger charge is 2.29. The van der Waals surface area contributed by atoms with Crippen LogP contribution in [0.3, 0.4) is 0 Å². The van der Waals surface area contributed by atoms with E-state index < -0.39 is 5.97 Å². The number of nitrogens with zero attached hydrogens (tertiary/aromatic N) is 1. The number of carbonyl (C=O) groups excluding carboxylic acids is 1. The molecule has 2 rings (SSSR count). The molecule has 1 aliphatic rings. The number of carboxylic acids is 1. The molecular weight excluding hydrogens is 326 g/mol. The van der Waals surface area contributed by atoms with Crippen molar-refractivity contribution in [3.63, 3.8) is 0 Å². The minimum atomic E-state index is -1.01. The first-order valence-electron chi connectivity index (χ1n) is 6.39. The third-order valence-corrected chi connectivity index (χ3v) is 3.67. The Hall–Kier alpha value is -1.40. The summed E-state index contributed by atoms with van der Waals surface area (Å²) >= 11 is 3.37. The highest BCUT2D eigenvalue weighted by molar-refractivity contribution is 9.10. The van der Waals surface area contributed by atoms with E-state index in [0.717, 1.165) is 10.0 Å². The lowest BCUT2D eigenvalue weighted by atomic mass is 10.1. The van der Waals surface area contributed by atoms with Gasteiger partial charge in [0.2, 0.25) is 5.91 Å². The van der Waals surface area contributed by atoms with Crippen molar-refractivity contribution in [1.82, 2.24) is 4.90 Å². The van der Waals surface area contributed by atoms with Gasteiger partial charge in [0, 0.05) is 17.6 Å². The maximum absolute atomic E-state index is 12.3. The molecule has 1 aliphatic heterocycles. The van der Waals surface area contributed by atoms with E-state index in [1.165, 1.54) is 4.90 Å². The Morgan fingerprint density at radius 2 is 2.25 bits per heavy atom. The molecule has 0 saturated carbocycles. The zero-order valence-corrected chi connectivity index (χ0v) is 12.5. The maximum atomic E-state index is 12.3. The lowest BCUT2D eigenvalue weighted by molar-refractivity contribution is -0.146. The van der Waals surface area contributed by atoms with Gasteiger partial charge in [-0.2, -0.15) is 0 Å². The molecular formula is C14H16BrNO4. The van der Waals surface area contributed by atoms with Crippen molar-refractivity contribution >= 4 is 27.8 Å². The second kappa shape index (κ2) is 6.85. The van der Waals surface area contributed by atoms with Gasteiger partial charge in [-0.15, -0.1) is 0 Å². The molecule has 1 atom stereocenters. The Morgan fingerprint density at radius 3 is 2.85 bits per heavy atom. The second-order valence-electron chi connectivity index (χ2n) is 4.78. The summed E-state index contributed by atoms with van der Waals surface area (Å²) in [6, 6.07) is 7.50. The molecule has 1 aromatic rings. The first-order valence-corrected chi connectivity index (χ1v) is 7.18. The summed E-state index contributed by atoms with van der Waals surface area (Å²) in [5.74, 6) is -1.38. The van der Waals surface area contributed by atoms with Crippen molar-refractivity contribution in [3.05, 3.63) is 34.3 Å². The van der Waals surface area contributed by atoms with Gasteiger partial charge in [0.05, 0.1) is 12.5 Å². The lowest BCUT2D eigenvalue weighted by Crippen LogP contribution is -2.39. The maximum Gasteiger partial charge on any atom is 0.323 e. The van der Waals surface area contributed by atoms with E-state index in [9.17, 15) is 9.59 Å². The summed E-state index contributed by atoms with van der Waals surface area (Å²) in [5.41, 5.74) is 0.896. The number of halogens is 1. The number of aliphatic carboxylic acids is 1. The van der Waals surface area contributed by atoms with Gasteiger partial charge in [0.1, 0.15) is 6.54 Å². The predicted octanol–water partition coefficient (Wildman–Crippen LogP) is 1.90. The van der Waals surface area contributed by atoms with E-state index in [1.807, 2.05) is 24.3 Å². The molecule has 0 radical (unpaired) electrons. The highest BCUT2D eigenvalue weighted by atomic mass is 79.9. The summed E-state index contributed by atoms with van der Waals surface area (Å²) in [6.45, 7) is 0.949. The molecule has 1 unspecified atom stereocenters. The van der Waals surface area contributed by atoms with Crippen LogP contribution in [0.25, 0.3) is 0 Å². The molecule has 108 valence electrons. The van der Waals surface area contributed by atoms with E-state index >= 15 is 0 Å². The Kier molecular flexibility index (Phi) is 5.14. The van der Waals surface area contributed by atoms with Crippen LogP contribution in [0.15, 0.2) is 28.7 Å². The third-order valence-electron chi connectivity index (χ3n) is 3.18. The third kappa shape index (κ3) is 4.05. The fourth-order valence-corrected chi connectivity index (χ4v) is 2.66. The standard InChI is InChI=1S/C14H16BrNO4/c15-12-3-1-2-10(6-12)7-16(8-13(17)18)14(19)11-4-5-20-9-11/h1-3,6,11H,4-5,7-9H2,(H,17,18). The molecule has 5 nitrogen and oxygen atoms in total. The van der Waals surface area contributed by atoms with E-state index in [-0.39, 0.29) is 18.4 Å². The van der Waals surface area contributed by atoms with Gasteiger partial charge >= 0.3 is 5.97 Å². The fourth-order valence-electron chi connectivity index (χ4n) is 2.22. The molecule has 0 aromatic heterocycles. The zero-order chi connectivity index (χ0) is 14.5. The Balaban J connectivity index is 2.10. The van der Waals surface area contributed by atoms with Gasteiger partial charge in [-0.1, -0.05) is 28.1 Å². The zero-order valence-electron chi connectivity index (χ0n) is 10.9. The minimum absolute atomic E-state index is 0.148. The van der Waals surface area contributed by atoms with Crippen molar-refractivity contribution in [1.29, 1.82) is 0 Å². The van der Waals surface area contributed by atoms with E-state index in [0.29, 0.717) is 26.2 Å². The van der Waals surface area contributed by atoms with Crippen molar-refractivity contribution < 1.29 is 19.4 Å². The SMILES string of the molecule is O=C(O)CN(Cc1cccc(Br)c1)C(=O)C1CCOC1. The first-order chi connectivity index (χ1) is 9.56. The summed E-state index contributed by atoms with van der Waals surface area (Å²) < 4.78 is 6.10. The van der Waals surface area contributed by atoms with Gasteiger partial charge in [-0.3, -0.25) is 9.59 Å². The summed E-state index contributed by atoms with van der Waals surface area (Å²) in [6.07, 6.45) is 0.660. The highest BCUT2D eigenvalue weighted by Crippen LogP contribution is 2.18. The van der Waals surface area contributed by atoms with Crippen molar-refractivity contribution in [2.24, 2.45) is 5.92 Å². The molecule has 1 N–H and O–H groups in total. The van der Waals surface area contributed by atoms with Gasteiger partial charge in [-0.05, 0) is 24.1 Å². The number of rotatable bonds is 5. The smallest absolute Gasteiger partial charge is 0.323 e. The van der Waals surface area contributed by atoms with Crippen LogP contribution in [0.1, 0.15) is 12.0 Å². The van der Waals surface area contributed by atoms with Crippen LogP contribution in [0.2, 0.25) is 0 Å². The molecule has 6 heteroatoms. The number of ether oxygens (including phenoxy) is 1. The Bertz CT molecular complexity index is 500. The summed E-state index contributed by atoms with van der Waals surface area (Å²) in [7, 11) is 0. The summed E-state index contributed by atoms with van der Waals surface area (Å²) in [4.78, 5) is 24.7. The van der Waals surface area contributed by atoms with Gasteiger partial charge < -0.3 is 14.7 Å². The van der Waals surface area contributed by atoms with Crippen LogP contribution >= 0.6 is 15.9 Å². The van der Waals surface area contributed by atoms with Crippen LogP contribution in [0.5, 0.6) is 0 Å². The fraction of sp³-hybridized carbons (Fsp3) is 0.429. The van der Waals surface area contributed by atoms with Gasteiger partial charge in [0.15, 0.2) is 0 Å². The quantitative estimate of drug-likeness (QED) is 0.888. The number of benzene rings is 1. The number of carbonyl (C=O) groups is 2. The normalized spacial score (nSPS) is 17.9. The molecule has 1 saturated heterocycles.